The maximum atomic E-state index is 15.0. The van der Waals surface area contributed by atoms with Crippen molar-refractivity contribution < 1.29 is 23.0 Å². The molecule has 1 amide bonds. The van der Waals surface area contributed by atoms with E-state index in [1.54, 1.807) is 30.3 Å². The van der Waals surface area contributed by atoms with Crippen LogP contribution in [0.3, 0.4) is 0 Å². The van der Waals surface area contributed by atoms with Crippen LogP contribution in [0.1, 0.15) is 16.8 Å². The molecule has 5 rings (SSSR count). The molecule has 0 saturated heterocycles. The summed E-state index contributed by atoms with van der Waals surface area (Å²) >= 11 is 0. The first-order chi connectivity index (χ1) is 17.9. The fourth-order valence-corrected chi connectivity index (χ4v) is 4.25. The summed E-state index contributed by atoms with van der Waals surface area (Å²) in [5, 5.41) is 10.4. The zero-order valence-corrected chi connectivity index (χ0v) is 19.8. The predicted octanol–water partition coefficient (Wildman–Crippen LogP) is 4.42. The van der Waals surface area contributed by atoms with Gasteiger partial charge in [0.25, 0.3) is 5.56 Å². The van der Waals surface area contributed by atoms with E-state index in [1.165, 1.54) is 19.2 Å². The molecule has 0 atom stereocenters. The summed E-state index contributed by atoms with van der Waals surface area (Å²) in [6.45, 7) is 0.318. The van der Waals surface area contributed by atoms with E-state index in [0.717, 1.165) is 5.56 Å². The number of nitrogens with one attached hydrogen (secondary N) is 2. The largest absolute Gasteiger partial charge is 0.447 e. The molecular weight excluding hydrogens is 482 g/mol. The van der Waals surface area contributed by atoms with Crippen molar-refractivity contribution in [2.45, 2.75) is 12.8 Å². The average Bonchev–Trinajstić information content (AvgIpc) is 3.30. The van der Waals surface area contributed by atoms with Crippen LogP contribution in [0.5, 0.6) is 0 Å². The van der Waals surface area contributed by atoms with Crippen LogP contribution in [-0.4, -0.2) is 42.4 Å². The van der Waals surface area contributed by atoms with Crippen LogP contribution < -0.4 is 10.9 Å². The lowest BCUT2D eigenvalue weighted by Crippen LogP contribution is -2.31. The van der Waals surface area contributed by atoms with Crippen LogP contribution in [-0.2, 0) is 22.3 Å². The molecule has 0 bridgehead atoms. The second-order valence-corrected chi connectivity index (χ2v) is 8.48. The van der Waals surface area contributed by atoms with E-state index in [9.17, 15) is 18.4 Å². The lowest BCUT2D eigenvalue weighted by atomic mass is 9.97. The summed E-state index contributed by atoms with van der Waals surface area (Å²) in [7, 11) is 1.49. The Morgan fingerprint density at radius 1 is 1.05 bits per heavy atom. The number of rotatable bonds is 6. The number of amidine groups is 1. The number of aromatic nitrogens is 2. The first-order valence-corrected chi connectivity index (χ1v) is 11.5. The summed E-state index contributed by atoms with van der Waals surface area (Å²) in [6, 6.07) is 14.5. The molecular formula is C27H22F2N4O4. The van der Waals surface area contributed by atoms with Gasteiger partial charge in [-0.05, 0) is 41.5 Å². The van der Waals surface area contributed by atoms with Crippen LogP contribution in [0.15, 0.2) is 64.4 Å². The van der Waals surface area contributed by atoms with Gasteiger partial charge in [-0.2, -0.15) is 5.10 Å². The quantitative estimate of drug-likeness (QED) is 0.378. The number of aromatic amines is 1. The van der Waals surface area contributed by atoms with Crippen LogP contribution in [0.4, 0.5) is 19.3 Å². The first kappa shape index (κ1) is 24.3. The number of carbonyl (C=O) groups excluding carboxylic acids is 1. The number of methoxy groups -OCH3 is 1. The number of halogens is 2. The van der Waals surface area contributed by atoms with Gasteiger partial charge in [-0.25, -0.2) is 23.7 Å². The zero-order chi connectivity index (χ0) is 25.9. The van der Waals surface area contributed by atoms with Gasteiger partial charge in [-0.15, -0.1) is 0 Å². The Balaban J connectivity index is 1.42. The minimum atomic E-state index is -0.716. The molecule has 0 spiro atoms. The molecule has 10 heteroatoms. The Labute approximate surface area is 210 Å². The van der Waals surface area contributed by atoms with Crippen LogP contribution in [0.2, 0.25) is 0 Å². The monoisotopic (exact) mass is 504 g/mol. The number of H-pyrrole nitrogens is 1. The van der Waals surface area contributed by atoms with Gasteiger partial charge in [0.2, 0.25) is 0 Å². The minimum absolute atomic E-state index is 0.0705. The number of alkyl carbamates (subject to hydrolysis) is 1. The summed E-state index contributed by atoms with van der Waals surface area (Å²) in [5.74, 6) is -0.845. The third-order valence-corrected chi connectivity index (χ3v) is 6.03. The van der Waals surface area contributed by atoms with E-state index >= 15 is 0 Å². The molecule has 2 heterocycles. The van der Waals surface area contributed by atoms with Gasteiger partial charge in [0.1, 0.15) is 24.1 Å². The third kappa shape index (κ3) is 5.10. The van der Waals surface area contributed by atoms with Crippen molar-refractivity contribution in [1.82, 2.24) is 15.5 Å². The van der Waals surface area contributed by atoms with E-state index in [-0.39, 0.29) is 36.6 Å². The van der Waals surface area contributed by atoms with Gasteiger partial charge in [0, 0.05) is 36.5 Å². The van der Waals surface area contributed by atoms with Crippen molar-refractivity contribution in [1.29, 1.82) is 0 Å². The predicted molar refractivity (Wildman–Crippen MR) is 134 cm³/mol. The Kier molecular flexibility index (Phi) is 6.74. The van der Waals surface area contributed by atoms with Gasteiger partial charge < -0.3 is 9.47 Å². The fourth-order valence-electron chi connectivity index (χ4n) is 4.25. The molecule has 0 fully saturated rings. The van der Waals surface area contributed by atoms with Crippen molar-refractivity contribution >= 4 is 28.4 Å². The Bertz CT molecular complexity index is 1600. The second kappa shape index (κ2) is 10.3. The molecule has 37 heavy (non-hydrogen) atoms. The van der Waals surface area contributed by atoms with E-state index in [1.807, 2.05) is 12.1 Å². The summed E-state index contributed by atoms with van der Waals surface area (Å²) < 4.78 is 39.6. The van der Waals surface area contributed by atoms with Crippen molar-refractivity contribution in [3.05, 3.63) is 93.4 Å². The Hall–Kier alpha value is -4.44. The maximum absolute atomic E-state index is 15.0. The highest BCUT2D eigenvalue weighted by atomic mass is 19.1. The van der Waals surface area contributed by atoms with Crippen molar-refractivity contribution in [3.8, 4) is 11.1 Å². The number of amides is 1. The summed E-state index contributed by atoms with van der Waals surface area (Å²) in [4.78, 5) is 28.3. The number of aliphatic imine (C=N–C) groups is 1. The van der Waals surface area contributed by atoms with E-state index < -0.39 is 17.7 Å². The van der Waals surface area contributed by atoms with Gasteiger partial charge in [0.05, 0.1) is 23.4 Å². The van der Waals surface area contributed by atoms with Gasteiger partial charge in [-0.1, -0.05) is 24.3 Å². The minimum Gasteiger partial charge on any atom is -0.447 e. The molecule has 0 unspecified atom stereocenters. The molecule has 1 aliphatic heterocycles. The Morgan fingerprint density at radius 2 is 1.86 bits per heavy atom. The average molecular weight is 504 g/mol. The van der Waals surface area contributed by atoms with Gasteiger partial charge in [0.15, 0.2) is 0 Å². The van der Waals surface area contributed by atoms with E-state index in [2.05, 4.69) is 20.5 Å². The number of hydrogen-bond acceptors (Lipinski definition) is 6. The van der Waals surface area contributed by atoms with Gasteiger partial charge >= 0.3 is 6.09 Å². The molecule has 8 nitrogen and oxygen atoms in total. The maximum Gasteiger partial charge on any atom is 0.412 e. The SMILES string of the molecule is COCCOC(=O)NC1=Nc2cc(-c3cc(Cc4n[nH]c(=O)c5ccccc45)ccc3F)cc(F)c2C1. The lowest BCUT2D eigenvalue weighted by molar-refractivity contribution is 0.102. The number of hydrogen-bond donors (Lipinski definition) is 2. The molecule has 4 aromatic rings. The van der Waals surface area contributed by atoms with E-state index in [4.69, 9.17) is 9.47 Å². The smallest absolute Gasteiger partial charge is 0.412 e. The number of fused-ring (bicyclic) bond motifs is 2. The van der Waals surface area contributed by atoms with Crippen molar-refractivity contribution in [3.63, 3.8) is 0 Å². The Morgan fingerprint density at radius 3 is 2.68 bits per heavy atom. The summed E-state index contributed by atoms with van der Waals surface area (Å²) in [6.07, 6.45) is -0.310. The number of carbonyl (C=O) groups is 1. The van der Waals surface area contributed by atoms with Crippen molar-refractivity contribution in [2.75, 3.05) is 20.3 Å². The number of nitrogens with zero attached hydrogens (tertiary/aromatic N) is 2. The number of benzene rings is 3. The standard InChI is InChI=1S/C27H22F2N4O4/c1-36-8-9-37-27(35)31-25-14-20-22(29)12-16(13-23(20)30-25)19-10-15(6-7-21(19)28)11-24-17-4-2-3-5-18(17)26(34)33-32-24/h2-7,10,12-13H,8-9,11,14H2,1H3,(H,33,34)(H,30,31,35). The third-order valence-electron chi connectivity index (χ3n) is 6.03. The molecule has 188 valence electrons. The van der Waals surface area contributed by atoms with Crippen LogP contribution in [0.25, 0.3) is 21.9 Å². The van der Waals surface area contributed by atoms with Crippen LogP contribution in [0, 0.1) is 11.6 Å². The van der Waals surface area contributed by atoms with E-state index in [0.29, 0.717) is 39.7 Å². The second-order valence-electron chi connectivity index (χ2n) is 8.48. The molecule has 1 aliphatic rings. The van der Waals surface area contributed by atoms with Crippen LogP contribution >= 0.6 is 0 Å². The fraction of sp³-hybridized carbons (Fsp3) is 0.185. The van der Waals surface area contributed by atoms with Crippen molar-refractivity contribution in [2.24, 2.45) is 4.99 Å². The van der Waals surface area contributed by atoms with Gasteiger partial charge in [-0.3, -0.25) is 10.1 Å². The summed E-state index contributed by atoms with van der Waals surface area (Å²) in [5.41, 5.74) is 2.19. The molecule has 0 saturated carbocycles. The molecule has 0 radical (unpaired) electrons. The molecule has 3 aromatic carbocycles. The lowest BCUT2D eigenvalue weighted by Gasteiger charge is -2.10. The number of ether oxygens (including phenoxy) is 2. The highest BCUT2D eigenvalue weighted by molar-refractivity contribution is 6.01. The zero-order valence-electron chi connectivity index (χ0n) is 19.8. The topological polar surface area (TPSA) is 106 Å². The first-order valence-electron chi connectivity index (χ1n) is 11.5. The highest BCUT2D eigenvalue weighted by Gasteiger charge is 2.23. The molecule has 1 aromatic heterocycles. The highest BCUT2D eigenvalue weighted by Crippen LogP contribution is 2.35. The molecule has 0 aliphatic carbocycles. The molecule has 2 N–H and O–H groups in total. The normalized spacial score (nSPS) is 12.4.